The number of rotatable bonds is 10. The molecule has 0 saturated heterocycles. The number of nitrogens with one attached hydrogen (secondary N) is 2. The van der Waals surface area contributed by atoms with Gasteiger partial charge in [0.2, 0.25) is 11.6 Å². The molecule has 0 spiro atoms. The van der Waals surface area contributed by atoms with Crippen LogP contribution < -0.4 is 16.4 Å². The summed E-state index contributed by atoms with van der Waals surface area (Å²) in [7, 11) is 6.65. The molecule has 0 saturated carbocycles. The number of allylic oxidation sites excluding steroid dienone is 4. The molecule has 2 aliphatic rings. The van der Waals surface area contributed by atoms with Crippen LogP contribution in [-0.4, -0.2) is 100 Å². The molecule has 0 aromatic heterocycles. The van der Waals surface area contributed by atoms with E-state index in [0.29, 0.717) is 18.5 Å². The number of nitrogens with two attached hydrogens (primary N) is 1. The third-order valence-electron chi connectivity index (χ3n) is 8.21. The highest BCUT2D eigenvalue weighted by Gasteiger charge is 2.35. The molecule has 13 nitrogen and oxygen atoms in total. The molecule has 270 valence electrons. The second-order valence-corrected chi connectivity index (χ2v) is 12.6. The Morgan fingerprint density at radius 1 is 1.12 bits per heavy atom. The minimum absolute atomic E-state index is 0.134. The van der Waals surface area contributed by atoms with E-state index in [0.717, 1.165) is 6.08 Å². The summed E-state index contributed by atoms with van der Waals surface area (Å²) in [6.07, 6.45) is 5.52. The Balaban J connectivity index is 2.73. The lowest BCUT2D eigenvalue weighted by Gasteiger charge is -2.33. The fourth-order valence-corrected chi connectivity index (χ4v) is 5.65. The lowest BCUT2D eigenvalue weighted by atomic mass is 9.85. The molecule has 1 aliphatic heterocycles. The van der Waals surface area contributed by atoms with Crippen molar-refractivity contribution in [1.82, 2.24) is 15.5 Å². The number of esters is 1. The standard InChI is InChI=1S/C36H52N4O9/c1-10-15-38-31-25-17-21(2)18-29(47-9)34(48-30(42)14-16-40(6)7)24(5)19-23(4)33(49-36(37)45)28(46-8)13-11-12-22(3)35(44)39-26(32(25)43)20-27(31)41/h10-13,19-21,24,28-29,33-34,38H,1,14-18H2,2-9H3,(H2,37,45)(H,39,44)/b13-11-,22-12+,23-19+/t21-,24-,28+,29-,33-,34-/m1/s1. The quantitative estimate of drug-likeness (QED) is 0.175. The second-order valence-electron chi connectivity index (χ2n) is 12.6. The topological polar surface area (TPSA) is 176 Å². The normalized spacial score (nSPS) is 28.8. The second kappa shape index (κ2) is 19.6. The Kier molecular flexibility index (Phi) is 16.3. The number of Topliss-reactive ketones (excluding diaryl/α,β-unsaturated/α-hetero) is 1. The molecule has 0 aromatic carbocycles. The monoisotopic (exact) mass is 684 g/mol. The van der Waals surface area contributed by atoms with Crippen molar-refractivity contribution in [2.75, 3.05) is 41.4 Å². The van der Waals surface area contributed by atoms with Crippen molar-refractivity contribution in [3.05, 3.63) is 71.1 Å². The van der Waals surface area contributed by atoms with E-state index in [-0.39, 0.29) is 47.8 Å². The van der Waals surface area contributed by atoms with Gasteiger partial charge in [0.1, 0.15) is 12.2 Å². The van der Waals surface area contributed by atoms with Crippen molar-refractivity contribution in [2.45, 2.75) is 71.4 Å². The first-order chi connectivity index (χ1) is 23.1. The van der Waals surface area contributed by atoms with Crippen molar-refractivity contribution < 1.29 is 42.9 Å². The number of amides is 2. The van der Waals surface area contributed by atoms with Crippen LogP contribution in [-0.2, 0) is 38.1 Å². The predicted octanol–water partition coefficient (Wildman–Crippen LogP) is 3.04. The van der Waals surface area contributed by atoms with Crippen LogP contribution >= 0.6 is 0 Å². The van der Waals surface area contributed by atoms with Crippen LogP contribution in [0.15, 0.2) is 71.1 Å². The SMILES string of the molecule is C=CCNC1=C2C[C@@H](C)C[C@@H](OC)[C@H](OC(=O)CCN(C)C)[C@H](C)/C=C(\C)[C@@H](OC(N)=O)[C@@H](OC)/C=C\C=C(/C)C(=O)NC(=CC1=O)C2=O. The van der Waals surface area contributed by atoms with Crippen LogP contribution in [0.3, 0.4) is 0 Å². The first-order valence-corrected chi connectivity index (χ1v) is 16.2. The van der Waals surface area contributed by atoms with Gasteiger partial charge in [-0.3, -0.25) is 19.2 Å². The molecule has 4 N–H and O–H groups in total. The molecule has 0 aromatic rings. The zero-order valence-corrected chi connectivity index (χ0v) is 29.9. The lowest BCUT2D eigenvalue weighted by molar-refractivity contribution is -0.160. The third-order valence-corrected chi connectivity index (χ3v) is 8.21. The number of carbonyl (C=O) groups excluding carboxylic acids is 5. The Morgan fingerprint density at radius 3 is 2.41 bits per heavy atom. The van der Waals surface area contributed by atoms with E-state index in [9.17, 15) is 24.0 Å². The first-order valence-electron chi connectivity index (χ1n) is 16.2. The van der Waals surface area contributed by atoms with Gasteiger partial charge >= 0.3 is 12.1 Å². The first kappa shape index (κ1) is 40.8. The van der Waals surface area contributed by atoms with Crippen molar-refractivity contribution in [1.29, 1.82) is 0 Å². The van der Waals surface area contributed by atoms with Gasteiger partial charge in [-0.05, 0) is 52.3 Å². The summed E-state index contributed by atoms with van der Waals surface area (Å²) in [5.41, 5.74) is 6.44. The van der Waals surface area contributed by atoms with Crippen LogP contribution in [0.5, 0.6) is 0 Å². The zero-order valence-electron chi connectivity index (χ0n) is 29.9. The number of primary amides is 1. The molecule has 0 fully saturated rings. The van der Waals surface area contributed by atoms with Gasteiger partial charge in [-0.15, -0.1) is 6.58 Å². The molecular weight excluding hydrogens is 632 g/mol. The van der Waals surface area contributed by atoms with E-state index in [1.54, 1.807) is 32.1 Å². The van der Waals surface area contributed by atoms with Crippen LogP contribution in [0, 0.1) is 11.8 Å². The van der Waals surface area contributed by atoms with Gasteiger partial charge in [0, 0.05) is 50.4 Å². The minimum atomic E-state index is -1.02. The molecule has 13 heteroatoms. The number of carbonyl (C=O) groups is 5. The fraction of sp³-hybridized carbons (Fsp3) is 0.528. The molecule has 1 aliphatic carbocycles. The minimum Gasteiger partial charge on any atom is -0.459 e. The van der Waals surface area contributed by atoms with Gasteiger partial charge < -0.3 is 40.2 Å². The van der Waals surface area contributed by atoms with Crippen molar-refractivity contribution >= 4 is 29.5 Å². The van der Waals surface area contributed by atoms with E-state index in [2.05, 4.69) is 17.2 Å². The van der Waals surface area contributed by atoms with E-state index in [1.165, 1.54) is 20.3 Å². The smallest absolute Gasteiger partial charge is 0.405 e. The Morgan fingerprint density at radius 2 is 1.82 bits per heavy atom. The summed E-state index contributed by atoms with van der Waals surface area (Å²) in [6, 6.07) is 0. The van der Waals surface area contributed by atoms with Crippen LogP contribution in [0.2, 0.25) is 0 Å². The molecule has 0 unspecified atom stereocenters. The Hall–Kier alpha value is -4.33. The summed E-state index contributed by atoms with van der Waals surface area (Å²) in [4.78, 5) is 67.1. The highest BCUT2D eigenvalue weighted by Crippen LogP contribution is 2.30. The summed E-state index contributed by atoms with van der Waals surface area (Å²) in [5.74, 6) is -2.68. The number of hydrogen-bond acceptors (Lipinski definition) is 11. The van der Waals surface area contributed by atoms with Gasteiger partial charge in [-0.1, -0.05) is 44.2 Å². The van der Waals surface area contributed by atoms with Gasteiger partial charge in [-0.25, -0.2) is 4.79 Å². The number of nitrogens with zero attached hydrogens (tertiary/aromatic N) is 1. The maximum atomic E-state index is 13.8. The molecular formula is C36H52N4O9. The maximum Gasteiger partial charge on any atom is 0.405 e. The molecule has 2 amide bonds. The highest BCUT2D eigenvalue weighted by molar-refractivity contribution is 6.23. The average Bonchev–Trinajstić information content (AvgIpc) is 3.03. The molecule has 49 heavy (non-hydrogen) atoms. The zero-order chi connectivity index (χ0) is 36.8. The van der Waals surface area contributed by atoms with Crippen LogP contribution in [0.25, 0.3) is 0 Å². The maximum absolute atomic E-state index is 13.8. The van der Waals surface area contributed by atoms with Gasteiger partial charge in [0.15, 0.2) is 6.10 Å². The summed E-state index contributed by atoms with van der Waals surface area (Å²) in [6.45, 7) is 11.5. The van der Waals surface area contributed by atoms with Gasteiger partial charge in [0.25, 0.3) is 5.91 Å². The predicted molar refractivity (Wildman–Crippen MR) is 185 cm³/mol. The number of hydrogen-bond donors (Lipinski definition) is 3. The van der Waals surface area contributed by atoms with Gasteiger partial charge in [-0.2, -0.15) is 0 Å². The largest absolute Gasteiger partial charge is 0.459 e. The Bertz CT molecular complexity index is 1410. The van der Waals surface area contributed by atoms with E-state index in [4.69, 9.17) is 24.7 Å². The third kappa shape index (κ3) is 12.3. The molecule has 6 atom stereocenters. The molecule has 1 heterocycles. The molecule has 2 rings (SSSR count). The average molecular weight is 685 g/mol. The number of methoxy groups -OCH3 is 2. The van der Waals surface area contributed by atoms with Crippen LogP contribution in [0.4, 0.5) is 4.79 Å². The van der Waals surface area contributed by atoms with Crippen molar-refractivity contribution in [2.24, 2.45) is 17.6 Å². The summed E-state index contributed by atoms with van der Waals surface area (Å²) < 4.78 is 23.1. The number of ketones is 2. The summed E-state index contributed by atoms with van der Waals surface area (Å²) in [5, 5.41) is 5.57. The fourth-order valence-electron chi connectivity index (χ4n) is 5.65. The number of fused-ring (bicyclic) bond motifs is 2. The molecule has 0 radical (unpaired) electrons. The van der Waals surface area contributed by atoms with Crippen molar-refractivity contribution in [3.63, 3.8) is 0 Å². The van der Waals surface area contributed by atoms with E-state index < -0.39 is 59.9 Å². The van der Waals surface area contributed by atoms with Crippen LogP contribution in [0.1, 0.15) is 47.0 Å². The van der Waals surface area contributed by atoms with E-state index in [1.807, 2.05) is 38.9 Å². The van der Waals surface area contributed by atoms with Gasteiger partial charge in [0.05, 0.1) is 23.9 Å². The summed E-state index contributed by atoms with van der Waals surface area (Å²) >= 11 is 0. The van der Waals surface area contributed by atoms with Crippen molar-refractivity contribution in [3.8, 4) is 0 Å². The lowest BCUT2D eigenvalue weighted by Crippen LogP contribution is -2.40. The Labute approximate surface area is 289 Å². The number of ether oxygens (including phenoxy) is 4. The van der Waals surface area contributed by atoms with E-state index >= 15 is 0 Å². The highest BCUT2D eigenvalue weighted by atomic mass is 16.6. The molecule has 2 bridgehead atoms.